The van der Waals surface area contributed by atoms with E-state index in [4.69, 9.17) is 16.3 Å². The van der Waals surface area contributed by atoms with Crippen LogP contribution < -0.4 is 10.1 Å². The summed E-state index contributed by atoms with van der Waals surface area (Å²) in [4.78, 5) is 11.8. The number of carbonyl (C=O) groups excluding carboxylic acids is 1. The minimum Gasteiger partial charge on any atom is -0.410 e. The van der Waals surface area contributed by atoms with Crippen molar-refractivity contribution >= 4 is 23.4 Å². The number of nitrogens with one attached hydrogen (secondary N) is 1. The number of rotatable bonds is 2. The first-order valence-electron chi connectivity index (χ1n) is 5.87. The van der Waals surface area contributed by atoms with Gasteiger partial charge in [-0.05, 0) is 49.2 Å². The van der Waals surface area contributed by atoms with E-state index in [0.29, 0.717) is 16.5 Å². The zero-order chi connectivity index (χ0) is 13.8. The fourth-order valence-corrected chi connectivity index (χ4v) is 2.14. The molecule has 0 saturated carbocycles. The first-order chi connectivity index (χ1) is 9.06. The Kier molecular flexibility index (Phi) is 4.07. The third-order valence-corrected chi connectivity index (χ3v) is 2.86. The Morgan fingerprint density at radius 1 is 1.11 bits per heavy atom. The summed E-state index contributed by atoms with van der Waals surface area (Å²) in [6.45, 7) is 3.70. The Morgan fingerprint density at radius 3 is 2.26 bits per heavy atom. The second kappa shape index (κ2) is 5.76. The largest absolute Gasteiger partial charge is 0.417 e. The number of benzene rings is 2. The molecule has 4 heteroatoms. The molecule has 2 aromatic carbocycles. The minimum absolute atomic E-state index is 0.514. The van der Waals surface area contributed by atoms with Gasteiger partial charge in [-0.3, -0.25) is 5.32 Å². The molecule has 0 fully saturated rings. The van der Waals surface area contributed by atoms with Crippen LogP contribution in [0.4, 0.5) is 10.5 Å². The Balaban J connectivity index is 2.12. The van der Waals surface area contributed by atoms with Gasteiger partial charge in [0, 0.05) is 10.7 Å². The molecule has 0 aliphatic rings. The van der Waals surface area contributed by atoms with Gasteiger partial charge in [0.05, 0.1) is 0 Å². The highest BCUT2D eigenvalue weighted by Gasteiger charge is 2.11. The number of ether oxygens (including phenoxy) is 1. The summed E-state index contributed by atoms with van der Waals surface area (Å²) < 4.78 is 5.33. The summed E-state index contributed by atoms with van der Waals surface area (Å²) in [5, 5.41) is 3.30. The van der Waals surface area contributed by atoms with Crippen molar-refractivity contribution in [3.8, 4) is 5.75 Å². The first-order valence-corrected chi connectivity index (χ1v) is 6.24. The summed E-state index contributed by atoms with van der Waals surface area (Å²) in [7, 11) is 0. The average Bonchev–Trinajstić information content (AvgIpc) is 2.35. The van der Waals surface area contributed by atoms with Gasteiger partial charge >= 0.3 is 6.09 Å². The molecule has 0 aliphatic heterocycles. The molecular formula is C15H14ClNO2. The van der Waals surface area contributed by atoms with Crippen LogP contribution in [0.25, 0.3) is 0 Å². The SMILES string of the molecule is Cc1cc(Cl)cc(C)c1OC(=O)Nc1ccccc1. The van der Waals surface area contributed by atoms with Crippen LogP contribution in [-0.2, 0) is 0 Å². The van der Waals surface area contributed by atoms with E-state index in [1.54, 1.807) is 24.3 Å². The molecule has 0 heterocycles. The van der Waals surface area contributed by atoms with Gasteiger partial charge in [0.1, 0.15) is 5.75 Å². The summed E-state index contributed by atoms with van der Waals surface area (Å²) >= 11 is 5.93. The molecule has 0 radical (unpaired) electrons. The number of halogens is 1. The highest BCUT2D eigenvalue weighted by atomic mass is 35.5. The Hall–Kier alpha value is -2.00. The summed E-state index contributed by atoms with van der Waals surface area (Å²) in [5.41, 5.74) is 2.35. The second-order valence-corrected chi connectivity index (χ2v) is 4.69. The smallest absolute Gasteiger partial charge is 0.410 e. The van der Waals surface area contributed by atoms with Crippen LogP contribution in [-0.4, -0.2) is 6.09 Å². The molecule has 0 saturated heterocycles. The van der Waals surface area contributed by atoms with E-state index in [9.17, 15) is 4.79 Å². The van der Waals surface area contributed by atoms with Crippen LogP contribution in [0.1, 0.15) is 11.1 Å². The highest BCUT2D eigenvalue weighted by molar-refractivity contribution is 6.30. The van der Waals surface area contributed by atoms with Gasteiger partial charge in [0.2, 0.25) is 0 Å². The average molecular weight is 276 g/mol. The van der Waals surface area contributed by atoms with Gasteiger partial charge in [-0.2, -0.15) is 0 Å². The van der Waals surface area contributed by atoms with Crippen LogP contribution in [0.2, 0.25) is 5.02 Å². The molecule has 0 aliphatic carbocycles. The maximum atomic E-state index is 11.8. The normalized spacial score (nSPS) is 10.1. The van der Waals surface area contributed by atoms with E-state index in [1.165, 1.54) is 0 Å². The van der Waals surface area contributed by atoms with Crippen LogP contribution in [0.3, 0.4) is 0 Å². The third-order valence-electron chi connectivity index (χ3n) is 2.64. The number of hydrogen-bond acceptors (Lipinski definition) is 2. The lowest BCUT2D eigenvalue weighted by Crippen LogP contribution is -2.17. The van der Waals surface area contributed by atoms with Crippen LogP contribution in [0, 0.1) is 13.8 Å². The van der Waals surface area contributed by atoms with Gasteiger partial charge in [0.15, 0.2) is 0 Å². The number of aryl methyl sites for hydroxylation is 2. The van der Waals surface area contributed by atoms with Crippen molar-refractivity contribution in [2.45, 2.75) is 13.8 Å². The van der Waals surface area contributed by atoms with Crippen molar-refractivity contribution in [1.82, 2.24) is 0 Å². The Morgan fingerprint density at radius 2 is 1.68 bits per heavy atom. The van der Waals surface area contributed by atoms with Gasteiger partial charge < -0.3 is 4.74 Å². The number of amides is 1. The van der Waals surface area contributed by atoms with Gasteiger partial charge in [-0.15, -0.1) is 0 Å². The summed E-state index contributed by atoms with van der Waals surface area (Å²) in [5.74, 6) is 0.540. The molecule has 2 aromatic rings. The zero-order valence-corrected chi connectivity index (χ0v) is 11.5. The van der Waals surface area contributed by atoms with E-state index < -0.39 is 6.09 Å². The van der Waals surface area contributed by atoms with E-state index in [1.807, 2.05) is 32.0 Å². The standard InChI is InChI=1S/C15H14ClNO2/c1-10-8-12(16)9-11(2)14(10)19-15(18)17-13-6-4-3-5-7-13/h3-9H,1-2H3,(H,17,18). The first kappa shape index (κ1) is 13.4. The van der Waals surface area contributed by atoms with Crippen LogP contribution in [0.15, 0.2) is 42.5 Å². The monoisotopic (exact) mass is 275 g/mol. The molecule has 0 spiro atoms. The summed E-state index contributed by atoms with van der Waals surface area (Å²) in [6, 6.07) is 12.7. The second-order valence-electron chi connectivity index (χ2n) is 4.25. The lowest BCUT2D eigenvalue weighted by molar-refractivity contribution is 0.214. The van der Waals surface area contributed by atoms with Gasteiger partial charge in [-0.1, -0.05) is 29.8 Å². The van der Waals surface area contributed by atoms with Crippen molar-refractivity contribution < 1.29 is 9.53 Å². The lowest BCUT2D eigenvalue weighted by atomic mass is 10.1. The lowest BCUT2D eigenvalue weighted by Gasteiger charge is -2.11. The number of anilines is 1. The van der Waals surface area contributed by atoms with Crippen molar-refractivity contribution in [2.24, 2.45) is 0 Å². The molecule has 98 valence electrons. The maximum Gasteiger partial charge on any atom is 0.417 e. The number of para-hydroxylation sites is 1. The zero-order valence-electron chi connectivity index (χ0n) is 10.7. The van der Waals surface area contributed by atoms with E-state index in [0.717, 1.165) is 11.1 Å². The molecule has 0 unspecified atom stereocenters. The number of carbonyl (C=O) groups is 1. The topological polar surface area (TPSA) is 38.3 Å². The molecule has 0 bridgehead atoms. The van der Waals surface area contributed by atoms with Crippen molar-refractivity contribution in [3.63, 3.8) is 0 Å². The Bertz CT molecular complexity index is 573. The fraction of sp³-hybridized carbons (Fsp3) is 0.133. The van der Waals surface area contributed by atoms with Gasteiger partial charge in [-0.25, -0.2) is 4.79 Å². The van der Waals surface area contributed by atoms with E-state index >= 15 is 0 Å². The molecule has 2 rings (SSSR count). The molecule has 1 N–H and O–H groups in total. The Labute approximate surface area is 117 Å². The van der Waals surface area contributed by atoms with Crippen LogP contribution >= 0.6 is 11.6 Å². The van der Waals surface area contributed by atoms with Crippen molar-refractivity contribution in [1.29, 1.82) is 0 Å². The van der Waals surface area contributed by atoms with Crippen LogP contribution in [0.5, 0.6) is 5.75 Å². The molecule has 3 nitrogen and oxygen atoms in total. The third kappa shape index (κ3) is 3.48. The molecular weight excluding hydrogens is 262 g/mol. The predicted molar refractivity (Wildman–Crippen MR) is 77.0 cm³/mol. The molecule has 19 heavy (non-hydrogen) atoms. The number of hydrogen-bond donors (Lipinski definition) is 1. The van der Waals surface area contributed by atoms with Crippen molar-refractivity contribution in [3.05, 3.63) is 58.6 Å². The highest BCUT2D eigenvalue weighted by Crippen LogP contribution is 2.27. The molecule has 1 amide bonds. The summed E-state index contributed by atoms with van der Waals surface area (Å²) in [6.07, 6.45) is -0.514. The van der Waals surface area contributed by atoms with E-state index in [2.05, 4.69) is 5.32 Å². The fourth-order valence-electron chi connectivity index (χ4n) is 1.82. The minimum atomic E-state index is -0.514. The molecule has 0 aromatic heterocycles. The van der Waals surface area contributed by atoms with Crippen molar-refractivity contribution in [2.75, 3.05) is 5.32 Å². The quantitative estimate of drug-likeness (QED) is 0.872. The predicted octanol–water partition coefficient (Wildman–Crippen LogP) is 4.57. The maximum absolute atomic E-state index is 11.8. The molecule has 0 atom stereocenters. The van der Waals surface area contributed by atoms with Gasteiger partial charge in [0.25, 0.3) is 0 Å². The van der Waals surface area contributed by atoms with E-state index in [-0.39, 0.29) is 0 Å².